The van der Waals surface area contributed by atoms with E-state index < -0.39 is 5.97 Å². The van der Waals surface area contributed by atoms with E-state index in [0.29, 0.717) is 0 Å². The number of nitrogens with zero attached hydrogens (tertiary/aromatic N) is 2. The predicted octanol–water partition coefficient (Wildman–Crippen LogP) is 1.05. The Bertz CT molecular complexity index is 397. The van der Waals surface area contributed by atoms with Gasteiger partial charge in [0.2, 0.25) is 0 Å². The van der Waals surface area contributed by atoms with Gasteiger partial charge in [0.05, 0.1) is 18.3 Å². The van der Waals surface area contributed by atoms with Gasteiger partial charge in [0.1, 0.15) is 6.61 Å². The summed E-state index contributed by atoms with van der Waals surface area (Å²) in [6.07, 6.45) is 1.79. The number of ether oxygens (including phenoxy) is 1. The minimum Gasteiger partial charge on any atom is -0.480 e. The fourth-order valence-electron chi connectivity index (χ4n) is 2.13. The van der Waals surface area contributed by atoms with Crippen molar-refractivity contribution in [3.63, 3.8) is 0 Å². The minimum atomic E-state index is -0.908. The Morgan fingerprint density at radius 2 is 2.33 bits per heavy atom. The molecular formula is C12H18N2O4. The molecule has 0 bridgehead atoms. The van der Waals surface area contributed by atoms with Crippen LogP contribution in [0.5, 0.6) is 0 Å². The predicted molar refractivity (Wildman–Crippen MR) is 63.1 cm³/mol. The van der Waals surface area contributed by atoms with Crippen molar-refractivity contribution in [1.29, 1.82) is 0 Å². The molecule has 2 heterocycles. The number of likely N-dealkylation sites (tertiary alicyclic amines) is 1. The molecule has 1 aliphatic rings. The molecule has 0 atom stereocenters. The van der Waals surface area contributed by atoms with E-state index in [-0.39, 0.29) is 12.7 Å². The number of aliphatic carboxylic acids is 1. The van der Waals surface area contributed by atoms with Crippen LogP contribution >= 0.6 is 0 Å². The van der Waals surface area contributed by atoms with E-state index in [0.717, 1.165) is 43.9 Å². The van der Waals surface area contributed by atoms with E-state index >= 15 is 0 Å². The number of piperidine rings is 1. The number of carbonyl (C=O) groups is 1. The maximum absolute atomic E-state index is 10.4. The summed E-state index contributed by atoms with van der Waals surface area (Å²) in [6.45, 7) is 4.24. The first-order valence-electron chi connectivity index (χ1n) is 6.11. The van der Waals surface area contributed by atoms with Gasteiger partial charge in [-0.2, -0.15) is 0 Å². The minimum absolute atomic E-state index is 0.0637. The molecule has 0 spiro atoms. The standard InChI is InChI=1S/C12H18N2O4/c1-9-6-11(18-13-9)7-14-4-2-10(3-5-14)17-8-12(15)16/h6,10H,2-5,7-8H2,1H3,(H,15,16). The average molecular weight is 254 g/mol. The molecule has 1 N–H and O–H groups in total. The number of carboxylic acids is 1. The van der Waals surface area contributed by atoms with E-state index in [1.165, 1.54) is 0 Å². The lowest BCUT2D eigenvalue weighted by atomic mass is 10.1. The van der Waals surface area contributed by atoms with E-state index in [2.05, 4.69) is 10.1 Å². The second kappa shape index (κ2) is 5.97. The summed E-state index contributed by atoms with van der Waals surface area (Å²) in [4.78, 5) is 12.7. The Balaban J connectivity index is 1.71. The lowest BCUT2D eigenvalue weighted by Gasteiger charge is -2.30. The van der Waals surface area contributed by atoms with Crippen LogP contribution < -0.4 is 0 Å². The van der Waals surface area contributed by atoms with Crippen molar-refractivity contribution >= 4 is 5.97 Å². The van der Waals surface area contributed by atoms with Crippen LogP contribution in [0.1, 0.15) is 24.3 Å². The smallest absolute Gasteiger partial charge is 0.329 e. The van der Waals surface area contributed by atoms with Crippen LogP contribution in [0.2, 0.25) is 0 Å². The Hall–Kier alpha value is -1.40. The van der Waals surface area contributed by atoms with Crippen molar-refractivity contribution in [3.8, 4) is 0 Å². The highest BCUT2D eigenvalue weighted by atomic mass is 16.5. The third-order valence-electron chi connectivity index (χ3n) is 3.03. The van der Waals surface area contributed by atoms with Gasteiger partial charge in [-0.3, -0.25) is 4.90 Å². The Morgan fingerprint density at radius 3 is 2.89 bits per heavy atom. The molecular weight excluding hydrogens is 236 g/mol. The summed E-state index contributed by atoms with van der Waals surface area (Å²) >= 11 is 0. The summed E-state index contributed by atoms with van der Waals surface area (Å²) in [7, 11) is 0. The molecule has 18 heavy (non-hydrogen) atoms. The second-order valence-corrected chi connectivity index (χ2v) is 4.61. The molecule has 0 unspecified atom stereocenters. The highest BCUT2D eigenvalue weighted by Gasteiger charge is 2.21. The SMILES string of the molecule is Cc1cc(CN2CCC(OCC(=O)O)CC2)on1. The van der Waals surface area contributed by atoms with Crippen LogP contribution in [0.15, 0.2) is 10.6 Å². The lowest BCUT2D eigenvalue weighted by Crippen LogP contribution is -2.37. The van der Waals surface area contributed by atoms with Crippen LogP contribution in [0.25, 0.3) is 0 Å². The van der Waals surface area contributed by atoms with Gasteiger partial charge in [0.25, 0.3) is 0 Å². The largest absolute Gasteiger partial charge is 0.480 e. The zero-order chi connectivity index (χ0) is 13.0. The zero-order valence-corrected chi connectivity index (χ0v) is 10.5. The number of rotatable bonds is 5. The molecule has 1 saturated heterocycles. The summed E-state index contributed by atoms with van der Waals surface area (Å²) in [5.74, 6) is -0.0352. The summed E-state index contributed by atoms with van der Waals surface area (Å²) in [5.41, 5.74) is 0.893. The topological polar surface area (TPSA) is 75.8 Å². The average Bonchev–Trinajstić information content (AvgIpc) is 2.74. The second-order valence-electron chi connectivity index (χ2n) is 4.61. The molecule has 1 aliphatic heterocycles. The molecule has 1 aromatic rings. The normalized spacial score (nSPS) is 18.1. The van der Waals surface area contributed by atoms with E-state index in [9.17, 15) is 4.79 Å². The van der Waals surface area contributed by atoms with Crippen LogP contribution in [-0.2, 0) is 16.1 Å². The fourth-order valence-corrected chi connectivity index (χ4v) is 2.13. The van der Waals surface area contributed by atoms with Crippen molar-refractivity contribution in [2.24, 2.45) is 0 Å². The first kappa shape index (κ1) is 13.0. The Morgan fingerprint density at radius 1 is 1.61 bits per heavy atom. The van der Waals surface area contributed by atoms with E-state index in [4.69, 9.17) is 14.4 Å². The number of hydrogen-bond acceptors (Lipinski definition) is 5. The number of aryl methyl sites for hydroxylation is 1. The number of aromatic nitrogens is 1. The first-order chi connectivity index (χ1) is 8.63. The maximum Gasteiger partial charge on any atom is 0.329 e. The van der Waals surface area contributed by atoms with Crippen molar-refractivity contribution in [2.45, 2.75) is 32.4 Å². The van der Waals surface area contributed by atoms with Crippen molar-refractivity contribution in [3.05, 3.63) is 17.5 Å². The van der Waals surface area contributed by atoms with Crippen LogP contribution in [-0.4, -0.2) is 46.9 Å². The molecule has 1 aromatic heterocycles. The van der Waals surface area contributed by atoms with Gasteiger partial charge in [-0.1, -0.05) is 5.16 Å². The molecule has 0 amide bonds. The van der Waals surface area contributed by atoms with Gasteiger partial charge in [-0.25, -0.2) is 4.79 Å². The summed E-state index contributed by atoms with van der Waals surface area (Å²) in [5, 5.41) is 12.4. The van der Waals surface area contributed by atoms with Gasteiger partial charge in [-0.05, 0) is 19.8 Å². The monoisotopic (exact) mass is 254 g/mol. The fraction of sp³-hybridized carbons (Fsp3) is 0.667. The van der Waals surface area contributed by atoms with Gasteiger partial charge in [-0.15, -0.1) is 0 Å². The van der Waals surface area contributed by atoms with Gasteiger partial charge in [0, 0.05) is 19.2 Å². The lowest BCUT2D eigenvalue weighted by molar-refractivity contribution is -0.145. The molecule has 0 radical (unpaired) electrons. The molecule has 2 rings (SSSR count). The van der Waals surface area contributed by atoms with Crippen molar-refractivity contribution < 1.29 is 19.2 Å². The summed E-state index contributed by atoms with van der Waals surface area (Å²) in [6, 6.07) is 1.94. The van der Waals surface area contributed by atoms with Crippen LogP contribution in [0.3, 0.4) is 0 Å². The van der Waals surface area contributed by atoms with Gasteiger partial charge >= 0.3 is 5.97 Å². The molecule has 6 heteroatoms. The molecule has 0 aliphatic carbocycles. The zero-order valence-electron chi connectivity index (χ0n) is 10.5. The molecule has 6 nitrogen and oxygen atoms in total. The third-order valence-corrected chi connectivity index (χ3v) is 3.03. The van der Waals surface area contributed by atoms with E-state index in [1.807, 2.05) is 13.0 Å². The van der Waals surface area contributed by atoms with Crippen LogP contribution in [0.4, 0.5) is 0 Å². The molecule has 100 valence electrons. The Kier molecular flexibility index (Phi) is 4.33. The van der Waals surface area contributed by atoms with Crippen molar-refractivity contribution in [1.82, 2.24) is 10.1 Å². The number of hydrogen-bond donors (Lipinski definition) is 1. The van der Waals surface area contributed by atoms with Crippen molar-refractivity contribution in [2.75, 3.05) is 19.7 Å². The van der Waals surface area contributed by atoms with Gasteiger partial charge < -0.3 is 14.4 Å². The third kappa shape index (κ3) is 3.82. The molecule has 0 aromatic carbocycles. The van der Waals surface area contributed by atoms with Gasteiger partial charge in [0.15, 0.2) is 5.76 Å². The first-order valence-corrected chi connectivity index (χ1v) is 6.11. The number of carboxylic acid groups (broad SMARTS) is 1. The maximum atomic E-state index is 10.4. The van der Waals surface area contributed by atoms with Crippen LogP contribution in [0, 0.1) is 6.92 Å². The highest BCUT2D eigenvalue weighted by molar-refractivity contribution is 5.68. The van der Waals surface area contributed by atoms with E-state index in [1.54, 1.807) is 0 Å². The molecule has 1 fully saturated rings. The quantitative estimate of drug-likeness (QED) is 0.846. The Labute approximate surface area is 106 Å². The highest BCUT2D eigenvalue weighted by Crippen LogP contribution is 2.16. The molecule has 0 saturated carbocycles. The summed E-state index contributed by atoms with van der Waals surface area (Å²) < 4.78 is 10.5.